The largest absolute Gasteiger partial charge is 0.355 e. The molecule has 2 aromatic rings. The third-order valence-electron chi connectivity index (χ3n) is 2.84. The Bertz CT molecular complexity index is 646. The van der Waals surface area contributed by atoms with E-state index >= 15 is 0 Å². The second-order valence-corrected chi connectivity index (χ2v) is 5.43. The average molecular weight is 301 g/mol. The van der Waals surface area contributed by atoms with Gasteiger partial charge < -0.3 is 11.1 Å². The molecule has 0 saturated heterocycles. The van der Waals surface area contributed by atoms with Crippen molar-refractivity contribution in [1.82, 2.24) is 10.3 Å². The summed E-state index contributed by atoms with van der Waals surface area (Å²) >= 11 is 1.23. The minimum absolute atomic E-state index is 0.281. The summed E-state index contributed by atoms with van der Waals surface area (Å²) in [4.78, 5) is 29.0. The van der Waals surface area contributed by atoms with E-state index in [1.807, 2.05) is 0 Å². The van der Waals surface area contributed by atoms with Crippen molar-refractivity contribution >= 4 is 23.5 Å². The Morgan fingerprint density at radius 3 is 2.38 bits per heavy atom. The second kappa shape index (κ2) is 7.01. The average Bonchev–Trinajstić information content (AvgIpc) is 2.54. The fourth-order valence-corrected chi connectivity index (χ4v) is 2.61. The number of carbonyl (C=O) groups is 2. The van der Waals surface area contributed by atoms with E-state index in [0.717, 1.165) is 4.90 Å². The van der Waals surface area contributed by atoms with Crippen LogP contribution in [0.1, 0.15) is 20.7 Å². The number of nitrogens with one attached hydrogen (secondary N) is 1. The monoisotopic (exact) mass is 301 g/mol. The number of hydrogen-bond acceptors (Lipinski definition) is 5. The first-order valence-electron chi connectivity index (χ1n) is 6.31. The summed E-state index contributed by atoms with van der Waals surface area (Å²) in [5, 5.41) is 1.74. The van der Waals surface area contributed by atoms with E-state index in [0.29, 0.717) is 11.1 Å². The molecule has 0 aliphatic heterocycles. The topological polar surface area (TPSA) is 85.1 Å². The van der Waals surface area contributed by atoms with Crippen LogP contribution in [0.15, 0.2) is 53.7 Å². The van der Waals surface area contributed by atoms with Gasteiger partial charge in [-0.2, -0.15) is 0 Å². The Morgan fingerprint density at radius 1 is 1.14 bits per heavy atom. The lowest BCUT2D eigenvalue weighted by atomic mass is 10.0. The van der Waals surface area contributed by atoms with Crippen LogP contribution in [0.25, 0.3) is 0 Å². The van der Waals surface area contributed by atoms with E-state index in [2.05, 4.69) is 10.3 Å². The molecular weight excluding hydrogens is 286 g/mol. The fourth-order valence-electron chi connectivity index (χ4n) is 1.80. The number of pyridine rings is 1. The molecule has 0 bridgehead atoms. The van der Waals surface area contributed by atoms with Crippen molar-refractivity contribution in [2.24, 2.45) is 5.73 Å². The van der Waals surface area contributed by atoms with Gasteiger partial charge in [-0.05, 0) is 18.2 Å². The number of rotatable bonds is 5. The number of aromatic nitrogens is 1. The van der Waals surface area contributed by atoms with Crippen LogP contribution in [-0.4, -0.2) is 29.1 Å². The fraction of sp³-hybridized carbons (Fsp3) is 0.133. The lowest BCUT2D eigenvalue weighted by molar-refractivity contribution is 0.0941. The zero-order valence-electron chi connectivity index (χ0n) is 11.4. The van der Waals surface area contributed by atoms with Gasteiger partial charge in [0.1, 0.15) is 5.37 Å². The van der Waals surface area contributed by atoms with E-state index < -0.39 is 5.37 Å². The molecule has 0 aliphatic rings. The number of Topliss-reactive ketones (excluding diaryl/α,β-unsaturated/α-hetero) is 1. The Hall–Kier alpha value is -2.18. The number of nitrogens with zero attached hydrogens (tertiary/aromatic N) is 1. The minimum atomic E-state index is -0.779. The van der Waals surface area contributed by atoms with Crippen LogP contribution in [0.4, 0.5) is 0 Å². The van der Waals surface area contributed by atoms with E-state index in [1.54, 1.807) is 48.8 Å². The predicted molar refractivity (Wildman–Crippen MR) is 82.2 cm³/mol. The number of benzene rings is 1. The van der Waals surface area contributed by atoms with Crippen molar-refractivity contribution < 1.29 is 9.59 Å². The van der Waals surface area contributed by atoms with Crippen LogP contribution in [0.3, 0.4) is 0 Å². The molecule has 5 nitrogen and oxygen atoms in total. The first-order chi connectivity index (χ1) is 10.1. The van der Waals surface area contributed by atoms with Gasteiger partial charge in [0.05, 0.1) is 5.56 Å². The Labute approximate surface area is 127 Å². The maximum absolute atomic E-state index is 12.4. The Balaban J connectivity index is 2.22. The van der Waals surface area contributed by atoms with Crippen molar-refractivity contribution in [2.45, 2.75) is 10.3 Å². The van der Waals surface area contributed by atoms with Gasteiger partial charge in [0.2, 0.25) is 0 Å². The molecule has 1 heterocycles. The van der Waals surface area contributed by atoms with Crippen molar-refractivity contribution in [3.05, 3.63) is 59.9 Å². The summed E-state index contributed by atoms with van der Waals surface area (Å²) in [7, 11) is 1.52. The van der Waals surface area contributed by atoms with Crippen molar-refractivity contribution in [2.75, 3.05) is 7.05 Å². The minimum Gasteiger partial charge on any atom is -0.355 e. The first kappa shape index (κ1) is 15.2. The quantitative estimate of drug-likeness (QED) is 0.499. The molecular formula is C15H15N3O2S. The van der Waals surface area contributed by atoms with Gasteiger partial charge in [-0.1, -0.05) is 30.0 Å². The molecule has 1 aromatic carbocycles. The molecule has 1 aromatic heterocycles. The molecule has 1 atom stereocenters. The highest BCUT2D eigenvalue weighted by atomic mass is 32.2. The van der Waals surface area contributed by atoms with Crippen LogP contribution in [0, 0.1) is 0 Å². The summed E-state index contributed by atoms with van der Waals surface area (Å²) < 4.78 is 0. The number of thioether (sulfide) groups is 1. The van der Waals surface area contributed by atoms with Crippen LogP contribution in [0.2, 0.25) is 0 Å². The van der Waals surface area contributed by atoms with Crippen LogP contribution < -0.4 is 11.1 Å². The highest BCUT2D eigenvalue weighted by molar-refractivity contribution is 8.00. The van der Waals surface area contributed by atoms with Gasteiger partial charge >= 0.3 is 0 Å². The first-order valence-corrected chi connectivity index (χ1v) is 7.19. The third kappa shape index (κ3) is 3.68. The lowest BCUT2D eigenvalue weighted by Gasteiger charge is -2.13. The van der Waals surface area contributed by atoms with Crippen molar-refractivity contribution in [1.29, 1.82) is 0 Å². The molecule has 6 heteroatoms. The molecule has 0 spiro atoms. The second-order valence-electron chi connectivity index (χ2n) is 4.21. The number of amides is 1. The van der Waals surface area contributed by atoms with Gasteiger partial charge in [-0.15, -0.1) is 0 Å². The van der Waals surface area contributed by atoms with Crippen LogP contribution in [-0.2, 0) is 0 Å². The molecule has 0 radical (unpaired) electrons. The summed E-state index contributed by atoms with van der Waals surface area (Å²) in [5.74, 6) is -0.587. The molecule has 1 unspecified atom stereocenters. The van der Waals surface area contributed by atoms with E-state index in [-0.39, 0.29) is 11.7 Å². The van der Waals surface area contributed by atoms with Gasteiger partial charge in [-0.25, -0.2) is 0 Å². The summed E-state index contributed by atoms with van der Waals surface area (Å²) in [6, 6.07) is 10.2. The van der Waals surface area contributed by atoms with Gasteiger partial charge in [0, 0.05) is 29.9 Å². The molecule has 3 N–H and O–H groups in total. The standard InChI is InChI=1S/C15H15N3O2S/c1-17-15(20)12-5-3-2-4-11(12)13(19)14(16)21-10-6-8-18-9-7-10/h2-9,14H,16H2,1H3,(H,17,20). The maximum atomic E-state index is 12.4. The summed E-state index contributed by atoms with van der Waals surface area (Å²) in [6.45, 7) is 0. The zero-order valence-corrected chi connectivity index (χ0v) is 12.3. The van der Waals surface area contributed by atoms with Gasteiger partial charge in [-0.3, -0.25) is 14.6 Å². The normalized spacial score (nSPS) is 11.7. The molecule has 0 saturated carbocycles. The maximum Gasteiger partial charge on any atom is 0.251 e. The Kier molecular flexibility index (Phi) is 5.08. The third-order valence-corrected chi connectivity index (χ3v) is 3.85. The lowest BCUT2D eigenvalue weighted by Crippen LogP contribution is -2.30. The smallest absolute Gasteiger partial charge is 0.251 e. The number of carbonyl (C=O) groups excluding carboxylic acids is 2. The Morgan fingerprint density at radius 2 is 1.76 bits per heavy atom. The summed E-state index contributed by atoms with van der Waals surface area (Å²) in [5.41, 5.74) is 6.61. The van der Waals surface area contributed by atoms with E-state index in [9.17, 15) is 9.59 Å². The molecule has 21 heavy (non-hydrogen) atoms. The highest BCUT2D eigenvalue weighted by Crippen LogP contribution is 2.23. The van der Waals surface area contributed by atoms with E-state index in [1.165, 1.54) is 18.8 Å². The highest BCUT2D eigenvalue weighted by Gasteiger charge is 2.22. The van der Waals surface area contributed by atoms with Crippen LogP contribution in [0.5, 0.6) is 0 Å². The molecule has 0 fully saturated rings. The van der Waals surface area contributed by atoms with Crippen molar-refractivity contribution in [3.63, 3.8) is 0 Å². The molecule has 2 rings (SSSR count). The van der Waals surface area contributed by atoms with Crippen molar-refractivity contribution in [3.8, 4) is 0 Å². The number of ketones is 1. The van der Waals surface area contributed by atoms with Crippen LogP contribution >= 0.6 is 11.8 Å². The molecule has 0 aliphatic carbocycles. The SMILES string of the molecule is CNC(=O)c1ccccc1C(=O)C(N)Sc1ccncc1. The zero-order chi connectivity index (χ0) is 15.2. The molecule has 1 amide bonds. The number of hydrogen-bond donors (Lipinski definition) is 2. The predicted octanol–water partition coefficient (Wildman–Crippen LogP) is 1.70. The van der Waals surface area contributed by atoms with Gasteiger partial charge in [0.25, 0.3) is 5.91 Å². The number of nitrogens with two attached hydrogens (primary N) is 1. The van der Waals surface area contributed by atoms with E-state index in [4.69, 9.17) is 5.73 Å². The summed E-state index contributed by atoms with van der Waals surface area (Å²) in [6.07, 6.45) is 3.27. The van der Waals surface area contributed by atoms with Gasteiger partial charge in [0.15, 0.2) is 5.78 Å². The molecule has 108 valence electrons.